The van der Waals surface area contributed by atoms with Gasteiger partial charge in [-0.25, -0.2) is 4.79 Å². The van der Waals surface area contributed by atoms with Crippen LogP contribution < -0.4 is 5.32 Å². The minimum Gasteiger partial charge on any atom is -0.465 e. The molecule has 0 radical (unpaired) electrons. The lowest BCUT2D eigenvalue weighted by molar-refractivity contribution is -0.116. The molecule has 0 aliphatic carbocycles. The number of hydrogen-bond donors (Lipinski definition) is 1. The number of aromatic nitrogens is 1. The van der Waals surface area contributed by atoms with E-state index in [4.69, 9.17) is 4.74 Å². The number of carbonyl (C=O) groups excluding carboxylic acids is 2. The van der Waals surface area contributed by atoms with Gasteiger partial charge in [0.2, 0.25) is 5.91 Å². The maximum atomic E-state index is 12.4. The van der Waals surface area contributed by atoms with Crippen LogP contribution in [0.25, 0.3) is 10.9 Å². The first-order chi connectivity index (χ1) is 11.6. The van der Waals surface area contributed by atoms with Crippen LogP contribution in [0.5, 0.6) is 0 Å². The molecule has 2 aromatic carbocycles. The zero-order chi connectivity index (χ0) is 17.1. The third-order valence-electron chi connectivity index (χ3n) is 3.85. The topological polar surface area (TPSA) is 60.3 Å². The van der Waals surface area contributed by atoms with Crippen molar-refractivity contribution < 1.29 is 14.3 Å². The highest BCUT2D eigenvalue weighted by Crippen LogP contribution is 2.19. The van der Waals surface area contributed by atoms with Gasteiger partial charge in [-0.3, -0.25) is 4.79 Å². The number of ether oxygens (including phenoxy) is 1. The molecule has 3 aromatic rings. The molecule has 24 heavy (non-hydrogen) atoms. The van der Waals surface area contributed by atoms with E-state index in [9.17, 15) is 9.59 Å². The Hall–Kier alpha value is -3.08. The van der Waals surface area contributed by atoms with Crippen LogP contribution in [0.2, 0.25) is 0 Å². The Labute approximate surface area is 139 Å². The minimum atomic E-state index is -0.479. The molecule has 5 heteroatoms. The first-order valence-corrected chi connectivity index (χ1v) is 7.61. The third-order valence-corrected chi connectivity index (χ3v) is 3.85. The van der Waals surface area contributed by atoms with Crippen molar-refractivity contribution in [2.75, 3.05) is 12.4 Å². The Bertz CT molecular complexity index is 912. The van der Waals surface area contributed by atoms with Gasteiger partial charge in [0, 0.05) is 11.7 Å². The fraction of sp³-hybridized carbons (Fsp3) is 0.158. The Morgan fingerprint density at radius 1 is 1.12 bits per heavy atom. The molecule has 0 atom stereocenters. The van der Waals surface area contributed by atoms with Gasteiger partial charge in [0.25, 0.3) is 0 Å². The molecule has 1 heterocycles. The monoisotopic (exact) mass is 322 g/mol. The first-order valence-electron chi connectivity index (χ1n) is 7.61. The summed E-state index contributed by atoms with van der Waals surface area (Å²) in [5.41, 5.74) is 2.96. The highest BCUT2D eigenvalue weighted by Gasteiger charge is 2.14. The van der Waals surface area contributed by atoms with Gasteiger partial charge in [0.15, 0.2) is 0 Å². The summed E-state index contributed by atoms with van der Waals surface area (Å²) in [6.07, 6.45) is 1.88. The zero-order valence-electron chi connectivity index (χ0n) is 13.6. The molecule has 0 saturated heterocycles. The number of carbonyl (C=O) groups is 2. The smallest absolute Gasteiger partial charge is 0.339 e. The molecule has 1 aromatic heterocycles. The summed E-state index contributed by atoms with van der Waals surface area (Å²) in [7, 11) is 1.31. The number of fused-ring (bicyclic) bond motifs is 1. The third kappa shape index (κ3) is 3.15. The predicted molar refractivity (Wildman–Crippen MR) is 93.1 cm³/mol. The summed E-state index contributed by atoms with van der Waals surface area (Å²) < 4.78 is 6.62. The average Bonchev–Trinajstić information content (AvgIpc) is 2.96. The van der Waals surface area contributed by atoms with Crippen LogP contribution in [0.15, 0.2) is 54.7 Å². The van der Waals surface area contributed by atoms with Crippen LogP contribution in [0.4, 0.5) is 5.69 Å². The van der Waals surface area contributed by atoms with Crippen molar-refractivity contribution in [3.8, 4) is 0 Å². The summed E-state index contributed by atoms with van der Waals surface area (Å²) in [6.45, 7) is 2.20. The number of aryl methyl sites for hydroxylation is 1. The lowest BCUT2D eigenvalue weighted by atomic mass is 10.2. The number of amides is 1. The fourth-order valence-electron chi connectivity index (χ4n) is 2.68. The summed E-state index contributed by atoms with van der Waals surface area (Å²) in [4.78, 5) is 24.1. The molecule has 1 N–H and O–H groups in total. The average molecular weight is 322 g/mol. The van der Waals surface area contributed by atoms with Gasteiger partial charge in [-0.05, 0) is 42.6 Å². The van der Waals surface area contributed by atoms with Crippen LogP contribution in [0.1, 0.15) is 15.9 Å². The van der Waals surface area contributed by atoms with Crippen molar-refractivity contribution >= 4 is 28.5 Å². The number of benzene rings is 2. The summed E-state index contributed by atoms with van der Waals surface area (Å²) in [5, 5.41) is 3.87. The maximum Gasteiger partial charge on any atom is 0.339 e. The van der Waals surface area contributed by atoms with E-state index in [1.165, 1.54) is 12.7 Å². The first kappa shape index (κ1) is 15.8. The van der Waals surface area contributed by atoms with Crippen LogP contribution in [0, 0.1) is 6.92 Å². The molecular formula is C19H18N2O3. The van der Waals surface area contributed by atoms with Crippen LogP contribution in [0.3, 0.4) is 0 Å². The molecular weight excluding hydrogens is 304 g/mol. The molecule has 0 unspecified atom stereocenters. The lowest BCUT2D eigenvalue weighted by Gasteiger charge is -2.10. The molecule has 0 bridgehead atoms. The molecule has 0 fully saturated rings. The number of rotatable bonds is 4. The molecule has 5 nitrogen and oxygen atoms in total. The van der Waals surface area contributed by atoms with E-state index in [1.54, 1.807) is 24.3 Å². The molecule has 0 saturated carbocycles. The van der Waals surface area contributed by atoms with Crippen molar-refractivity contribution in [1.82, 2.24) is 4.57 Å². The van der Waals surface area contributed by atoms with Crippen molar-refractivity contribution in [1.29, 1.82) is 0 Å². The number of nitrogens with one attached hydrogen (secondary N) is 1. The minimum absolute atomic E-state index is 0.169. The Morgan fingerprint density at radius 3 is 2.71 bits per heavy atom. The second-order valence-corrected chi connectivity index (χ2v) is 5.59. The van der Waals surface area contributed by atoms with E-state index in [2.05, 4.69) is 11.4 Å². The fourth-order valence-corrected chi connectivity index (χ4v) is 2.68. The van der Waals surface area contributed by atoms with Crippen molar-refractivity contribution in [2.24, 2.45) is 0 Å². The van der Waals surface area contributed by atoms with Crippen molar-refractivity contribution in [3.63, 3.8) is 0 Å². The highest BCUT2D eigenvalue weighted by atomic mass is 16.5. The predicted octanol–water partition coefficient (Wildman–Crippen LogP) is 3.38. The van der Waals surface area contributed by atoms with E-state index >= 15 is 0 Å². The second-order valence-electron chi connectivity index (χ2n) is 5.59. The number of esters is 1. The number of para-hydroxylation sites is 1. The SMILES string of the molecule is COC(=O)c1ccccc1NC(=O)Cn1ccc2cc(C)ccc21. The lowest BCUT2D eigenvalue weighted by Crippen LogP contribution is -2.20. The highest BCUT2D eigenvalue weighted by molar-refractivity contribution is 6.01. The maximum absolute atomic E-state index is 12.4. The van der Waals surface area contributed by atoms with E-state index in [-0.39, 0.29) is 12.5 Å². The summed E-state index contributed by atoms with van der Waals surface area (Å²) in [6, 6.07) is 14.9. The van der Waals surface area contributed by atoms with Gasteiger partial charge in [0.05, 0.1) is 18.4 Å². The number of methoxy groups -OCH3 is 1. The molecule has 0 aliphatic rings. The molecule has 0 spiro atoms. The van der Waals surface area contributed by atoms with Crippen LogP contribution in [-0.2, 0) is 16.1 Å². The summed E-state index contributed by atoms with van der Waals surface area (Å²) in [5.74, 6) is -0.683. The summed E-state index contributed by atoms with van der Waals surface area (Å²) >= 11 is 0. The zero-order valence-corrected chi connectivity index (χ0v) is 13.6. The Kier molecular flexibility index (Phi) is 4.33. The number of nitrogens with zero attached hydrogens (tertiary/aromatic N) is 1. The van der Waals surface area contributed by atoms with Gasteiger partial charge >= 0.3 is 5.97 Å². The quantitative estimate of drug-likeness (QED) is 0.749. The largest absolute Gasteiger partial charge is 0.465 e. The Balaban J connectivity index is 1.80. The standard InChI is InChI=1S/C19H18N2O3/c1-13-7-8-17-14(11-13)9-10-21(17)12-18(22)20-16-6-4-3-5-15(16)19(23)24-2/h3-11H,12H2,1-2H3,(H,20,22). The molecule has 3 rings (SSSR count). The van der Waals surface area contributed by atoms with E-state index in [1.807, 2.05) is 35.9 Å². The van der Waals surface area contributed by atoms with Gasteiger partial charge in [-0.2, -0.15) is 0 Å². The second kappa shape index (κ2) is 6.58. The van der Waals surface area contributed by atoms with E-state index in [0.29, 0.717) is 11.3 Å². The van der Waals surface area contributed by atoms with Crippen molar-refractivity contribution in [3.05, 3.63) is 65.9 Å². The molecule has 0 aliphatic heterocycles. The van der Waals surface area contributed by atoms with Crippen LogP contribution in [-0.4, -0.2) is 23.6 Å². The number of anilines is 1. The van der Waals surface area contributed by atoms with Gasteiger partial charge in [-0.1, -0.05) is 23.8 Å². The van der Waals surface area contributed by atoms with E-state index in [0.717, 1.165) is 10.9 Å². The van der Waals surface area contributed by atoms with Gasteiger partial charge in [0.1, 0.15) is 6.54 Å². The van der Waals surface area contributed by atoms with Gasteiger partial charge < -0.3 is 14.6 Å². The van der Waals surface area contributed by atoms with Gasteiger partial charge in [-0.15, -0.1) is 0 Å². The van der Waals surface area contributed by atoms with Crippen LogP contribution >= 0.6 is 0 Å². The van der Waals surface area contributed by atoms with E-state index < -0.39 is 5.97 Å². The van der Waals surface area contributed by atoms with Crippen molar-refractivity contribution in [2.45, 2.75) is 13.5 Å². The normalized spacial score (nSPS) is 10.6. The Morgan fingerprint density at radius 2 is 1.92 bits per heavy atom. The molecule has 1 amide bonds. The molecule has 122 valence electrons. The number of hydrogen-bond acceptors (Lipinski definition) is 3.